The first-order valence-corrected chi connectivity index (χ1v) is 10.0. The van der Waals surface area contributed by atoms with Crippen LogP contribution in [0, 0.1) is 19.8 Å². The fourth-order valence-corrected chi connectivity index (χ4v) is 3.81. The summed E-state index contributed by atoms with van der Waals surface area (Å²) in [6.45, 7) is 4.37. The number of benzene rings is 3. The largest absolute Gasteiger partial charge is 0.457 e. The molecule has 1 aliphatic heterocycles. The SMILES string of the molecule is Cc1cccc(C)c1N1C[C@@H](C(=O)Nc2ccc(Oc3ccccc3)cc2)CC1=O. The van der Waals surface area contributed by atoms with Crippen LogP contribution in [0.4, 0.5) is 11.4 Å². The molecular weight excluding hydrogens is 376 g/mol. The second kappa shape index (κ2) is 8.41. The minimum absolute atomic E-state index is 0.0147. The van der Waals surface area contributed by atoms with Crippen molar-refractivity contribution < 1.29 is 14.3 Å². The lowest BCUT2D eigenvalue weighted by Crippen LogP contribution is -2.29. The molecule has 5 nitrogen and oxygen atoms in total. The van der Waals surface area contributed by atoms with Gasteiger partial charge in [0.2, 0.25) is 11.8 Å². The molecule has 1 heterocycles. The van der Waals surface area contributed by atoms with E-state index in [1.165, 1.54) is 0 Å². The van der Waals surface area contributed by atoms with Crippen LogP contribution in [0.5, 0.6) is 11.5 Å². The van der Waals surface area contributed by atoms with Crippen LogP contribution >= 0.6 is 0 Å². The van der Waals surface area contributed by atoms with Crippen LogP contribution in [0.25, 0.3) is 0 Å². The zero-order valence-corrected chi connectivity index (χ0v) is 17.1. The lowest BCUT2D eigenvalue weighted by molar-refractivity contribution is -0.122. The van der Waals surface area contributed by atoms with Crippen LogP contribution in [0.1, 0.15) is 17.5 Å². The van der Waals surface area contributed by atoms with E-state index in [-0.39, 0.29) is 24.2 Å². The third-order valence-corrected chi connectivity index (χ3v) is 5.31. The van der Waals surface area contributed by atoms with Crippen molar-refractivity contribution in [3.8, 4) is 11.5 Å². The summed E-state index contributed by atoms with van der Waals surface area (Å²) in [5.74, 6) is 0.909. The maximum Gasteiger partial charge on any atom is 0.229 e. The van der Waals surface area contributed by atoms with Crippen LogP contribution in [-0.4, -0.2) is 18.4 Å². The predicted molar refractivity (Wildman–Crippen MR) is 118 cm³/mol. The zero-order chi connectivity index (χ0) is 21.1. The molecule has 3 aromatic carbocycles. The van der Waals surface area contributed by atoms with Crippen LogP contribution in [-0.2, 0) is 9.59 Å². The molecule has 2 amide bonds. The smallest absolute Gasteiger partial charge is 0.229 e. The van der Waals surface area contributed by atoms with Gasteiger partial charge in [0.1, 0.15) is 11.5 Å². The first kappa shape index (κ1) is 19.7. The summed E-state index contributed by atoms with van der Waals surface area (Å²) < 4.78 is 5.77. The molecule has 1 fully saturated rings. The van der Waals surface area contributed by atoms with Crippen molar-refractivity contribution in [1.82, 2.24) is 0 Å². The van der Waals surface area contributed by atoms with E-state index in [2.05, 4.69) is 5.32 Å². The summed E-state index contributed by atoms with van der Waals surface area (Å²) in [6.07, 6.45) is 0.217. The van der Waals surface area contributed by atoms with E-state index in [9.17, 15) is 9.59 Å². The Balaban J connectivity index is 1.40. The fraction of sp³-hybridized carbons (Fsp3) is 0.200. The standard InChI is InChI=1S/C25H24N2O3/c1-17-7-6-8-18(2)24(17)27-16-19(15-23(27)28)25(29)26-20-11-13-22(14-12-20)30-21-9-4-3-5-10-21/h3-14,19H,15-16H2,1-2H3,(H,26,29)/t19-/m0/s1. The molecule has 1 saturated heterocycles. The first-order valence-electron chi connectivity index (χ1n) is 10.0. The Bertz CT molecular complexity index is 1040. The molecule has 30 heavy (non-hydrogen) atoms. The maximum atomic E-state index is 12.8. The van der Waals surface area contributed by atoms with Crippen LogP contribution in [0.15, 0.2) is 72.8 Å². The molecule has 3 aromatic rings. The molecule has 152 valence electrons. The highest BCUT2D eigenvalue weighted by molar-refractivity contribution is 6.04. The minimum Gasteiger partial charge on any atom is -0.457 e. The second-order valence-electron chi connectivity index (χ2n) is 7.57. The van der Waals surface area contributed by atoms with E-state index in [1.54, 1.807) is 17.0 Å². The summed E-state index contributed by atoms with van der Waals surface area (Å²) in [5, 5.41) is 2.92. The summed E-state index contributed by atoms with van der Waals surface area (Å²) in [7, 11) is 0. The van der Waals surface area contributed by atoms with E-state index in [1.807, 2.05) is 74.5 Å². The molecule has 1 atom stereocenters. The number of carbonyl (C=O) groups is 2. The van der Waals surface area contributed by atoms with Gasteiger partial charge in [0.25, 0.3) is 0 Å². The zero-order valence-electron chi connectivity index (χ0n) is 17.1. The van der Waals surface area contributed by atoms with Gasteiger partial charge in [0, 0.05) is 24.3 Å². The van der Waals surface area contributed by atoms with Gasteiger partial charge in [-0.05, 0) is 61.4 Å². The van der Waals surface area contributed by atoms with Gasteiger partial charge in [-0.15, -0.1) is 0 Å². The second-order valence-corrected chi connectivity index (χ2v) is 7.57. The average molecular weight is 400 g/mol. The van der Waals surface area contributed by atoms with Gasteiger partial charge in [-0.2, -0.15) is 0 Å². The topological polar surface area (TPSA) is 58.6 Å². The van der Waals surface area contributed by atoms with Crippen molar-refractivity contribution in [2.24, 2.45) is 5.92 Å². The van der Waals surface area contributed by atoms with Gasteiger partial charge in [-0.25, -0.2) is 0 Å². The number of carbonyl (C=O) groups excluding carboxylic acids is 2. The highest BCUT2D eigenvalue weighted by Gasteiger charge is 2.36. The van der Waals surface area contributed by atoms with Crippen LogP contribution in [0.3, 0.4) is 0 Å². The Labute approximate surface area is 176 Å². The Morgan fingerprint density at radius 2 is 1.53 bits per heavy atom. The molecule has 0 bridgehead atoms. The third kappa shape index (κ3) is 4.20. The first-order chi connectivity index (χ1) is 14.5. The molecule has 1 N–H and O–H groups in total. The Morgan fingerprint density at radius 1 is 0.900 bits per heavy atom. The van der Waals surface area contributed by atoms with Crippen LogP contribution < -0.4 is 15.0 Å². The summed E-state index contributed by atoms with van der Waals surface area (Å²) >= 11 is 0. The van der Waals surface area contributed by atoms with Crippen molar-refractivity contribution in [3.05, 3.63) is 83.9 Å². The van der Waals surface area contributed by atoms with Crippen molar-refractivity contribution in [2.45, 2.75) is 20.3 Å². The normalized spacial score (nSPS) is 15.9. The molecule has 0 spiro atoms. The molecule has 0 saturated carbocycles. The van der Waals surface area contributed by atoms with Crippen molar-refractivity contribution in [3.63, 3.8) is 0 Å². The lowest BCUT2D eigenvalue weighted by Gasteiger charge is -2.21. The Hall–Kier alpha value is -3.60. The minimum atomic E-state index is -0.378. The predicted octanol–water partition coefficient (Wildman–Crippen LogP) is 5.09. The highest BCUT2D eigenvalue weighted by atomic mass is 16.5. The molecule has 0 aromatic heterocycles. The summed E-state index contributed by atoms with van der Waals surface area (Å²) in [4.78, 5) is 27.1. The van der Waals surface area contributed by atoms with Gasteiger partial charge in [-0.3, -0.25) is 9.59 Å². The van der Waals surface area contributed by atoms with Gasteiger partial charge in [0.15, 0.2) is 0 Å². The molecule has 1 aliphatic rings. The Kier molecular flexibility index (Phi) is 5.53. The Morgan fingerprint density at radius 3 is 2.20 bits per heavy atom. The van der Waals surface area contributed by atoms with Crippen LogP contribution in [0.2, 0.25) is 0 Å². The van der Waals surface area contributed by atoms with E-state index < -0.39 is 0 Å². The number of ether oxygens (including phenoxy) is 1. The van der Waals surface area contributed by atoms with Gasteiger partial charge in [0.05, 0.1) is 5.92 Å². The van der Waals surface area contributed by atoms with E-state index in [0.717, 1.165) is 22.6 Å². The van der Waals surface area contributed by atoms with Gasteiger partial charge >= 0.3 is 0 Å². The number of nitrogens with zero attached hydrogens (tertiary/aromatic N) is 1. The monoisotopic (exact) mass is 400 g/mol. The number of para-hydroxylation sites is 2. The molecule has 0 radical (unpaired) electrons. The number of nitrogens with one attached hydrogen (secondary N) is 1. The number of rotatable bonds is 5. The van der Waals surface area contributed by atoms with E-state index in [0.29, 0.717) is 18.0 Å². The molecular formula is C25H24N2O3. The fourth-order valence-electron chi connectivity index (χ4n) is 3.81. The van der Waals surface area contributed by atoms with E-state index in [4.69, 9.17) is 4.74 Å². The van der Waals surface area contributed by atoms with Gasteiger partial charge in [-0.1, -0.05) is 36.4 Å². The molecule has 5 heteroatoms. The highest BCUT2D eigenvalue weighted by Crippen LogP contribution is 2.31. The molecule has 0 aliphatic carbocycles. The maximum absolute atomic E-state index is 12.8. The average Bonchev–Trinajstić information content (AvgIpc) is 3.12. The summed E-state index contributed by atoms with van der Waals surface area (Å²) in [5.41, 5.74) is 3.68. The quantitative estimate of drug-likeness (QED) is 0.649. The lowest BCUT2D eigenvalue weighted by atomic mass is 10.1. The number of hydrogen-bond donors (Lipinski definition) is 1. The van der Waals surface area contributed by atoms with Crippen molar-refractivity contribution >= 4 is 23.2 Å². The van der Waals surface area contributed by atoms with Gasteiger partial charge < -0.3 is 15.0 Å². The number of anilines is 2. The molecule has 0 unspecified atom stereocenters. The number of amides is 2. The van der Waals surface area contributed by atoms with Crippen molar-refractivity contribution in [1.29, 1.82) is 0 Å². The van der Waals surface area contributed by atoms with E-state index >= 15 is 0 Å². The van der Waals surface area contributed by atoms with Crippen molar-refractivity contribution in [2.75, 3.05) is 16.8 Å². The third-order valence-electron chi connectivity index (χ3n) is 5.31. The molecule has 4 rings (SSSR count). The summed E-state index contributed by atoms with van der Waals surface area (Å²) in [6, 6.07) is 22.7. The number of aryl methyl sites for hydroxylation is 2. The number of hydrogen-bond acceptors (Lipinski definition) is 3.